The molecule has 2 atom stereocenters. The molecule has 4 aromatic rings. The van der Waals surface area contributed by atoms with Crippen LogP contribution in [0.15, 0.2) is 78.9 Å². The number of pyridine rings is 1. The summed E-state index contributed by atoms with van der Waals surface area (Å²) in [6.07, 6.45) is 0. The fourth-order valence-corrected chi connectivity index (χ4v) is 5.56. The summed E-state index contributed by atoms with van der Waals surface area (Å²) in [6.45, 7) is 2.45. The van der Waals surface area contributed by atoms with Crippen LogP contribution in [0.5, 0.6) is 0 Å². The van der Waals surface area contributed by atoms with Crippen LogP contribution < -0.4 is 15.5 Å². The highest BCUT2D eigenvalue weighted by atomic mass is 19.1. The number of halogens is 1. The van der Waals surface area contributed by atoms with Crippen molar-refractivity contribution in [2.45, 2.75) is 12.0 Å². The number of nitrogens with one attached hydrogen (secondary N) is 2. The molecular formula is C32H34FN5O4. The number of benzene rings is 3. The molecule has 1 saturated heterocycles. The number of urea groups is 1. The molecule has 1 fully saturated rings. The highest BCUT2D eigenvalue weighted by Gasteiger charge is 2.35. The Balaban J connectivity index is 1.52. The maximum Gasteiger partial charge on any atom is 0.323 e. The van der Waals surface area contributed by atoms with E-state index in [1.807, 2.05) is 48.5 Å². The van der Waals surface area contributed by atoms with Crippen molar-refractivity contribution in [2.75, 3.05) is 57.2 Å². The van der Waals surface area contributed by atoms with Gasteiger partial charge in [-0.25, -0.2) is 14.2 Å². The van der Waals surface area contributed by atoms with Gasteiger partial charge in [0.15, 0.2) is 0 Å². The van der Waals surface area contributed by atoms with Gasteiger partial charge in [0.25, 0.3) is 0 Å². The molecule has 0 saturated carbocycles. The zero-order chi connectivity index (χ0) is 29.6. The fourth-order valence-electron chi connectivity index (χ4n) is 5.56. The summed E-state index contributed by atoms with van der Waals surface area (Å²) in [5, 5.41) is 16.6. The standard InChI is InChI=1S/C32H34FN5O4/c1-37(20-28(39)40)31-25-17-23(33)13-14-24(25)30(29(35-31)22-11-7-4-8-12-22)36-32(41)34-27-19-38(15-16-42-2)18-26(27)21-9-5-3-6-10-21/h3-14,17,26-27H,15-16,18-20H2,1-2H3,(H,39,40)(H2,34,36,41)/t26-,27+/m0/s1. The summed E-state index contributed by atoms with van der Waals surface area (Å²) < 4.78 is 19.8. The van der Waals surface area contributed by atoms with Crippen molar-refractivity contribution >= 4 is 34.3 Å². The van der Waals surface area contributed by atoms with Crippen molar-refractivity contribution in [3.8, 4) is 11.3 Å². The first kappa shape index (κ1) is 29.0. The van der Waals surface area contributed by atoms with Gasteiger partial charge in [-0.3, -0.25) is 9.69 Å². The number of carbonyl (C=O) groups is 2. The number of carbonyl (C=O) groups excluding carboxylic acids is 1. The van der Waals surface area contributed by atoms with Crippen LogP contribution in [0.4, 0.5) is 20.7 Å². The van der Waals surface area contributed by atoms with Gasteiger partial charge in [-0.1, -0.05) is 60.7 Å². The molecule has 1 aromatic heterocycles. The number of likely N-dealkylation sites (tertiary alicyclic amines) is 1. The Morgan fingerprint density at radius 2 is 1.76 bits per heavy atom. The fraction of sp³-hybridized carbons (Fsp3) is 0.281. The second kappa shape index (κ2) is 13.0. The Hall–Kier alpha value is -4.54. The van der Waals surface area contributed by atoms with Crippen LogP contribution in [0.25, 0.3) is 22.0 Å². The summed E-state index contributed by atoms with van der Waals surface area (Å²) in [5.41, 5.74) is 2.72. The van der Waals surface area contributed by atoms with Gasteiger partial charge in [0.2, 0.25) is 0 Å². The first-order valence-electron chi connectivity index (χ1n) is 13.8. The average Bonchev–Trinajstić information content (AvgIpc) is 3.38. The van der Waals surface area contributed by atoms with Gasteiger partial charge in [0.1, 0.15) is 18.2 Å². The minimum atomic E-state index is -1.05. The van der Waals surface area contributed by atoms with Crippen LogP contribution in [0.3, 0.4) is 0 Å². The Morgan fingerprint density at radius 1 is 1.05 bits per heavy atom. The second-order valence-electron chi connectivity index (χ2n) is 10.4. The van der Waals surface area contributed by atoms with Crippen LogP contribution in [-0.2, 0) is 9.53 Å². The molecule has 0 unspecified atom stereocenters. The number of aromatic nitrogens is 1. The third kappa shape index (κ3) is 6.50. The molecule has 3 N–H and O–H groups in total. The number of ether oxygens (including phenoxy) is 1. The van der Waals surface area contributed by atoms with E-state index < -0.39 is 17.8 Å². The number of fused-ring (bicyclic) bond motifs is 1. The summed E-state index contributed by atoms with van der Waals surface area (Å²) >= 11 is 0. The molecule has 9 nitrogen and oxygen atoms in total. The Morgan fingerprint density at radius 3 is 2.45 bits per heavy atom. The smallest absolute Gasteiger partial charge is 0.323 e. The first-order chi connectivity index (χ1) is 20.3. The number of carboxylic acids is 1. The lowest BCUT2D eigenvalue weighted by atomic mass is 9.94. The lowest BCUT2D eigenvalue weighted by molar-refractivity contribution is -0.135. The molecule has 1 aliphatic heterocycles. The normalized spacial score (nSPS) is 16.8. The van der Waals surface area contributed by atoms with Gasteiger partial charge in [-0.2, -0.15) is 0 Å². The minimum Gasteiger partial charge on any atom is -0.480 e. The quantitative estimate of drug-likeness (QED) is 0.251. The molecular weight excluding hydrogens is 537 g/mol. The van der Waals surface area contributed by atoms with Gasteiger partial charge in [0.05, 0.1) is 24.0 Å². The molecule has 5 rings (SSSR count). The van der Waals surface area contributed by atoms with Crippen LogP contribution in [0.2, 0.25) is 0 Å². The van der Waals surface area contributed by atoms with Crippen molar-refractivity contribution < 1.29 is 23.8 Å². The number of aliphatic carboxylic acids is 1. The van der Waals surface area contributed by atoms with Gasteiger partial charge in [-0.05, 0) is 23.8 Å². The summed E-state index contributed by atoms with van der Waals surface area (Å²) in [6, 6.07) is 23.0. The van der Waals surface area contributed by atoms with Gasteiger partial charge >= 0.3 is 12.0 Å². The van der Waals surface area contributed by atoms with E-state index in [1.54, 1.807) is 20.2 Å². The lowest BCUT2D eigenvalue weighted by Gasteiger charge is -2.24. The molecule has 2 heterocycles. The Bertz CT molecular complexity index is 1550. The zero-order valence-corrected chi connectivity index (χ0v) is 23.6. The molecule has 42 heavy (non-hydrogen) atoms. The minimum absolute atomic E-state index is 0.0819. The first-order valence-corrected chi connectivity index (χ1v) is 13.8. The summed E-state index contributed by atoms with van der Waals surface area (Å²) in [5.74, 6) is -1.16. The van der Waals surface area contributed by atoms with Gasteiger partial charge < -0.3 is 25.4 Å². The number of anilines is 2. The number of nitrogens with zero attached hydrogens (tertiary/aromatic N) is 3. The van der Waals surface area contributed by atoms with E-state index in [4.69, 9.17) is 9.72 Å². The molecule has 1 aliphatic rings. The molecule has 0 radical (unpaired) electrons. The van der Waals surface area contributed by atoms with Crippen molar-refractivity contribution in [3.63, 3.8) is 0 Å². The maximum absolute atomic E-state index is 14.5. The molecule has 0 bridgehead atoms. The third-order valence-electron chi connectivity index (χ3n) is 7.52. The maximum atomic E-state index is 14.5. The largest absolute Gasteiger partial charge is 0.480 e. The molecule has 2 amide bonds. The van der Waals surface area contributed by atoms with E-state index in [-0.39, 0.29) is 18.5 Å². The highest BCUT2D eigenvalue weighted by Crippen LogP contribution is 2.38. The van der Waals surface area contributed by atoms with E-state index in [0.29, 0.717) is 41.1 Å². The number of hydrogen-bond acceptors (Lipinski definition) is 6. The van der Waals surface area contributed by atoms with E-state index in [9.17, 15) is 19.1 Å². The number of hydrogen-bond donors (Lipinski definition) is 3. The third-order valence-corrected chi connectivity index (χ3v) is 7.52. The number of amides is 2. The second-order valence-corrected chi connectivity index (χ2v) is 10.4. The topological polar surface area (TPSA) is 107 Å². The van der Waals surface area contributed by atoms with Crippen LogP contribution in [-0.4, -0.2) is 80.0 Å². The predicted octanol–water partition coefficient (Wildman–Crippen LogP) is 4.80. The van der Waals surface area contributed by atoms with E-state index >= 15 is 0 Å². The van der Waals surface area contributed by atoms with Crippen LogP contribution in [0, 0.1) is 5.82 Å². The highest BCUT2D eigenvalue weighted by molar-refractivity contribution is 6.10. The van der Waals surface area contributed by atoms with Gasteiger partial charge in [-0.15, -0.1) is 0 Å². The van der Waals surface area contributed by atoms with Crippen molar-refractivity contribution in [3.05, 3.63) is 90.2 Å². The van der Waals surface area contributed by atoms with Crippen LogP contribution in [0.1, 0.15) is 11.5 Å². The number of carboxylic acid groups (broad SMARTS) is 1. The summed E-state index contributed by atoms with van der Waals surface area (Å²) in [4.78, 5) is 33.7. The Kier molecular flexibility index (Phi) is 8.94. The monoisotopic (exact) mass is 571 g/mol. The molecule has 0 spiro atoms. The van der Waals surface area contributed by atoms with E-state index in [1.165, 1.54) is 17.0 Å². The van der Waals surface area contributed by atoms with Crippen LogP contribution >= 0.6 is 0 Å². The predicted molar refractivity (Wildman–Crippen MR) is 161 cm³/mol. The van der Waals surface area contributed by atoms with Crippen molar-refractivity contribution in [1.82, 2.24) is 15.2 Å². The molecule has 218 valence electrons. The number of methoxy groups -OCH3 is 1. The Labute approximate surface area is 243 Å². The number of rotatable bonds is 10. The molecule has 10 heteroatoms. The SMILES string of the molecule is COCCN1C[C@@H](NC(=O)Nc2c(-c3ccccc3)nc(N(C)CC(=O)O)c3cc(F)ccc23)[C@H](c2ccccc2)C1. The lowest BCUT2D eigenvalue weighted by Crippen LogP contribution is -2.42. The van der Waals surface area contributed by atoms with E-state index in [0.717, 1.165) is 24.2 Å². The number of likely N-dealkylation sites (N-methyl/N-ethyl adjacent to an activating group) is 1. The van der Waals surface area contributed by atoms with Crippen molar-refractivity contribution in [1.29, 1.82) is 0 Å². The molecule has 3 aromatic carbocycles. The molecule has 0 aliphatic carbocycles. The summed E-state index contributed by atoms with van der Waals surface area (Å²) in [7, 11) is 3.27. The zero-order valence-electron chi connectivity index (χ0n) is 23.6. The van der Waals surface area contributed by atoms with E-state index in [2.05, 4.69) is 27.7 Å². The van der Waals surface area contributed by atoms with Gasteiger partial charge in [0, 0.05) is 56.0 Å². The average molecular weight is 572 g/mol. The van der Waals surface area contributed by atoms with Crippen molar-refractivity contribution in [2.24, 2.45) is 0 Å².